The molecule has 0 bridgehead atoms. The van der Waals surface area contributed by atoms with Crippen LogP contribution in [0, 0.1) is 6.92 Å². The minimum absolute atomic E-state index is 0.143. The molecule has 0 atom stereocenters. The smallest absolute Gasteiger partial charge is 0.272 e. The largest absolute Gasteiger partial charge is 0.365 e. The third-order valence-electron chi connectivity index (χ3n) is 3.37. The first kappa shape index (κ1) is 13.5. The van der Waals surface area contributed by atoms with E-state index in [2.05, 4.69) is 46.0 Å². The van der Waals surface area contributed by atoms with Crippen LogP contribution in [0.5, 0.6) is 0 Å². The van der Waals surface area contributed by atoms with Crippen molar-refractivity contribution in [2.75, 3.05) is 5.32 Å². The molecule has 1 heterocycles. The molecule has 0 saturated heterocycles. The van der Waals surface area contributed by atoms with Gasteiger partial charge in [-0.1, -0.05) is 29.8 Å². The van der Waals surface area contributed by atoms with Gasteiger partial charge in [0.05, 0.1) is 0 Å². The summed E-state index contributed by atoms with van der Waals surface area (Å²) >= 11 is 0. The van der Waals surface area contributed by atoms with Crippen LogP contribution in [0.15, 0.2) is 36.4 Å². The van der Waals surface area contributed by atoms with Gasteiger partial charge in [-0.3, -0.25) is 4.79 Å². The van der Waals surface area contributed by atoms with Crippen molar-refractivity contribution in [3.63, 3.8) is 0 Å². The van der Waals surface area contributed by atoms with Gasteiger partial charge in [0.1, 0.15) is 5.82 Å². The van der Waals surface area contributed by atoms with E-state index in [1.807, 2.05) is 6.07 Å². The van der Waals surface area contributed by atoms with E-state index in [-0.39, 0.29) is 5.91 Å². The van der Waals surface area contributed by atoms with Crippen molar-refractivity contribution in [1.82, 2.24) is 15.5 Å². The summed E-state index contributed by atoms with van der Waals surface area (Å²) in [5, 5.41) is 14.1. The fourth-order valence-corrected chi connectivity index (χ4v) is 2.05. The minimum Gasteiger partial charge on any atom is -0.365 e. The van der Waals surface area contributed by atoms with Crippen molar-refractivity contribution < 1.29 is 4.79 Å². The van der Waals surface area contributed by atoms with Crippen LogP contribution in [0.1, 0.15) is 34.5 Å². The van der Waals surface area contributed by atoms with Crippen LogP contribution in [0.25, 0.3) is 0 Å². The van der Waals surface area contributed by atoms with Crippen LogP contribution in [-0.2, 0) is 6.54 Å². The van der Waals surface area contributed by atoms with Gasteiger partial charge in [-0.05, 0) is 37.5 Å². The lowest BCUT2D eigenvalue weighted by Crippen LogP contribution is -2.26. The summed E-state index contributed by atoms with van der Waals surface area (Å²) in [4.78, 5) is 11.8. The zero-order chi connectivity index (χ0) is 14.7. The number of amides is 1. The summed E-state index contributed by atoms with van der Waals surface area (Å²) < 4.78 is 0. The molecule has 5 heteroatoms. The molecule has 1 saturated carbocycles. The van der Waals surface area contributed by atoms with E-state index in [0.29, 0.717) is 24.1 Å². The van der Waals surface area contributed by atoms with Gasteiger partial charge in [0, 0.05) is 12.6 Å². The molecule has 3 rings (SSSR count). The summed E-state index contributed by atoms with van der Waals surface area (Å²) in [5.41, 5.74) is 2.78. The number of anilines is 1. The number of nitrogens with zero attached hydrogens (tertiary/aromatic N) is 2. The molecule has 1 amide bonds. The summed E-state index contributed by atoms with van der Waals surface area (Å²) in [6, 6.07) is 12.1. The maximum atomic E-state index is 11.8. The normalized spacial score (nSPS) is 13.8. The quantitative estimate of drug-likeness (QED) is 0.883. The van der Waals surface area contributed by atoms with E-state index >= 15 is 0 Å². The Balaban J connectivity index is 1.57. The van der Waals surface area contributed by atoms with Gasteiger partial charge in [0.15, 0.2) is 5.69 Å². The summed E-state index contributed by atoms with van der Waals surface area (Å²) in [6.45, 7) is 2.75. The van der Waals surface area contributed by atoms with Crippen molar-refractivity contribution in [2.24, 2.45) is 0 Å². The first-order valence-corrected chi connectivity index (χ1v) is 7.15. The average molecular weight is 282 g/mol. The number of hydrogen-bond acceptors (Lipinski definition) is 4. The van der Waals surface area contributed by atoms with Crippen LogP contribution in [0.3, 0.4) is 0 Å². The topological polar surface area (TPSA) is 66.9 Å². The van der Waals surface area contributed by atoms with Crippen LogP contribution in [0.2, 0.25) is 0 Å². The van der Waals surface area contributed by atoms with Gasteiger partial charge in [-0.2, -0.15) is 0 Å². The SMILES string of the molecule is Cc1cccc(CNc2ccc(C(=O)NC3CC3)nn2)c1. The lowest BCUT2D eigenvalue weighted by molar-refractivity contribution is 0.0945. The number of nitrogens with one attached hydrogen (secondary N) is 2. The number of benzene rings is 1. The van der Waals surface area contributed by atoms with Crippen LogP contribution < -0.4 is 10.6 Å². The Hall–Kier alpha value is -2.43. The minimum atomic E-state index is -0.143. The fraction of sp³-hybridized carbons (Fsp3) is 0.312. The second-order valence-corrected chi connectivity index (χ2v) is 5.39. The molecule has 1 fully saturated rings. The van der Waals surface area contributed by atoms with Crippen LogP contribution >= 0.6 is 0 Å². The van der Waals surface area contributed by atoms with Crippen molar-refractivity contribution >= 4 is 11.7 Å². The van der Waals surface area contributed by atoms with Crippen molar-refractivity contribution in [3.05, 3.63) is 53.2 Å². The van der Waals surface area contributed by atoms with E-state index in [1.54, 1.807) is 12.1 Å². The second-order valence-electron chi connectivity index (χ2n) is 5.39. The van der Waals surface area contributed by atoms with Crippen LogP contribution in [0.4, 0.5) is 5.82 Å². The first-order valence-electron chi connectivity index (χ1n) is 7.15. The number of aromatic nitrogens is 2. The number of carbonyl (C=O) groups is 1. The Labute approximate surface area is 123 Å². The summed E-state index contributed by atoms with van der Waals surface area (Å²) in [6.07, 6.45) is 2.13. The van der Waals surface area contributed by atoms with Gasteiger partial charge in [-0.15, -0.1) is 10.2 Å². The van der Waals surface area contributed by atoms with E-state index in [0.717, 1.165) is 12.8 Å². The molecular formula is C16H18N4O. The lowest BCUT2D eigenvalue weighted by atomic mass is 10.1. The Bertz CT molecular complexity index is 635. The molecule has 108 valence electrons. The average Bonchev–Trinajstić information content (AvgIpc) is 3.30. The maximum Gasteiger partial charge on any atom is 0.272 e. The Kier molecular flexibility index (Phi) is 3.81. The van der Waals surface area contributed by atoms with E-state index in [4.69, 9.17) is 0 Å². The molecule has 1 aromatic carbocycles. The first-order chi connectivity index (χ1) is 10.2. The molecule has 1 aliphatic carbocycles. The van der Waals surface area contributed by atoms with Gasteiger partial charge >= 0.3 is 0 Å². The molecule has 0 spiro atoms. The number of hydrogen-bond donors (Lipinski definition) is 2. The summed E-state index contributed by atoms with van der Waals surface area (Å²) in [7, 11) is 0. The highest BCUT2D eigenvalue weighted by atomic mass is 16.2. The van der Waals surface area contributed by atoms with Gasteiger partial charge in [0.25, 0.3) is 5.91 Å². The molecule has 1 aliphatic rings. The molecule has 2 aromatic rings. The predicted molar refractivity (Wildman–Crippen MR) is 81.0 cm³/mol. The zero-order valence-electron chi connectivity index (χ0n) is 12.0. The molecular weight excluding hydrogens is 264 g/mol. The fourth-order valence-electron chi connectivity index (χ4n) is 2.05. The second kappa shape index (κ2) is 5.91. The molecule has 2 N–H and O–H groups in total. The van der Waals surface area contributed by atoms with Crippen molar-refractivity contribution in [3.8, 4) is 0 Å². The van der Waals surface area contributed by atoms with Gasteiger partial charge in [-0.25, -0.2) is 0 Å². The highest BCUT2D eigenvalue weighted by Crippen LogP contribution is 2.19. The van der Waals surface area contributed by atoms with E-state index < -0.39 is 0 Å². The van der Waals surface area contributed by atoms with Crippen molar-refractivity contribution in [1.29, 1.82) is 0 Å². The van der Waals surface area contributed by atoms with E-state index in [1.165, 1.54) is 11.1 Å². The molecule has 5 nitrogen and oxygen atoms in total. The molecule has 0 radical (unpaired) electrons. The Morgan fingerprint density at radius 2 is 2.10 bits per heavy atom. The molecule has 0 unspecified atom stereocenters. The number of carbonyl (C=O) groups excluding carboxylic acids is 1. The van der Waals surface area contributed by atoms with Gasteiger partial charge < -0.3 is 10.6 Å². The highest BCUT2D eigenvalue weighted by Gasteiger charge is 2.24. The Morgan fingerprint density at radius 1 is 1.24 bits per heavy atom. The third kappa shape index (κ3) is 3.78. The number of aryl methyl sites for hydroxylation is 1. The molecule has 21 heavy (non-hydrogen) atoms. The lowest BCUT2D eigenvalue weighted by Gasteiger charge is -2.06. The predicted octanol–water partition coefficient (Wildman–Crippen LogP) is 2.29. The standard InChI is InChI=1S/C16H18N4O/c1-11-3-2-4-12(9-11)10-17-15-8-7-14(19-20-15)16(21)18-13-5-6-13/h2-4,7-9,13H,5-6,10H2,1H3,(H,17,20)(H,18,21). The van der Waals surface area contributed by atoms with E-state index in [9.17, 15) is 4.79 Å². The highest BCUT2D eigenvalue weighted by molar-refractivity contribution is 5.92. The number of rotatable bonds is 5. The third-order valence-corrected chi connectivity index (χ3v) is 3.37. The van der Waals surface area contributed by atoms with Crippen LogP contribution in [-0.4, -0.2) is 22.1 Å². The van der Waals surface area contributed by atoms with Crippen molar-refractivity contribution in [2.45, 2.75) is 32.4 Å². The summed E-state index contributed by atoms with van der Waals surface area (Å²) in [5.74, 6) is 0.523. The van der Waals surface area contributed by atoms with Gasteiger partial charge in [0.2, 0.25) is 0 Å². The zero-order valence-corrected chi connectivity index (χ0v) is 12.0. The molecule has 1 aromatic heterocycles. The molecule has 0 aliphatic heterocycles. The maximum absolute atomic E-state index is 11.8. The Morgan fingerprint density at radius 3 is 2.76 bits per heavy atom. The monoisotopic (exact) mass is 282 g/mol.